The van der Waals surface area contributed by atoms with Crippen molar-refractivity contribution >= 4 is 0 Å². The summed E-state index contributed by atoms with van der Waals surface area (Å²) in [5.41, 5.74) is 0.0235. The van der Waals surface area contributed by atoms with Crippen LogP contribution in [0.15, 0.2) is 12.2 Å². The molecule has 1 N–H and O–H groups in total. The molecule has 0 aromatic rings. The van der Waals surface area contributed by atoms with Crippen molar-refractivity contribution in [3.63, 3.8) is 0 Å². The van der Waals surface area contributed by atoms with Gasteiger partial charge in [0.05, 0.1) is 13.2 Å². The molecule has 1 rings (SSSR count). The number of hydrogen-bond donors (Lipinski definition) is 1. The Kier molecular flexibility index (Phi) is 5.17. The van der Waals surface area contributed by atoms with Gasteiger partial charge in [0.1, 0.15) is 6.10 Å². The topological polar surface area (TPSA) is 38.7 Å². The van der Waals surface area contributed by atoms with E-state index >= 15 is 0 Å². The van der Waals surface area contributed by atoms with Gasteiger partial charge >= 0.3 is 0 Å². The van der Waals surface area contributed by atoms with Crippen LogP contribution in [0.2, 0.25) is 0 Å². The van der Waals surface area contributed by atoms with Crippen molar-refractivity contribution < 1.29 is 14.6 Å². The molecule has 3 nitrogen and oxygen atoms in total. The summed E-state index contributed by atoms with van der Waals surface area (Å²) < 4.78 is 11.5. The Balaban J connectivity index is 2.62. The molecule has 100 valence electrons. The maximum absolute atomic E-state index is 9.85. The largest absolute Gasteiger partial charge is 0.387 e. The minimum absolute atomic E-state index is 0.0235. The smallest absolute Gasteiger partial charge is 0.214 e. The Morgan fingerprint density at radius 1 is 1.29 bits per heavy atom. The molecule has 1 saturated heterocycles. The average Bonchev–Trinajstić information content (AvgIpc) is 2.26. The number of ether oxygens (including phenoxy) is 2. The molecule has 1 aliphatic heterocycles. The van der Waals surface area contributed by atoms with Gasteiger partial charge in [-0.15, -0.1) is 0 Å². The molecule has 1 aliphatic rings. The van der Waals surface area contributed by atoms with Gasteiger partial charge in [0.15, 0.2) is 0 Å². The maximum Gasteiger partial charge on any atom is 0.214 e. The summed E-state index contributed by atoms with van der Waals surface area (Å²) in [6.07, 6.45) is 6.59. The highest BCUT2D eigenvalue weighted by molar-refractivity contribution is 5.01. The molecule has 0 spiro atoms. The third kappa shape index (κ3) is 4.09. The normalized spacial score (nSPS) is 25.0. The summed E-state index contributed by atoms with van der Waals surface area (Å²) in [6.45, 7) is 9.28. The Morgan fingerprint density at radius 3 is 2.35 bits per heavy atom. The van der Waals surface area contributed by atoms with Crippen molar-refractivity contribution in [2.24, 2.45) is 5.41 Å². The van der Waals surface area contributed by atoms with Crippen LogP contribution >= 0.6 is 0 Å². The first-order valence-electron chi connectivity index (χ1n) is 6.55. The molecule has 17 heavy (non-hydrogen) atoms. The summed E-state index contributed by atoms with van der Waals surface area (Å²) in [5.74, 6) is -0.941. The quantitative estimate of drug-likeness (QED) is 0.595. The first-order chi connectivity index (χ1) is 7.92. The molecule has 0 radical (unpaired) electrons. The summed E-state index contributed by atoms with van der Waals surface area (Å²) in [5, 5.41) is 9.85. The van der Waals surface area contributed by atoms with Gasteiger partial charge in [-0.05, 0) is 19.4 Å². The van der Waals surface area contributed by atoms with E-state index in [1.165, 1.54) is 6.42 Å². The van der Waals surface area contributed by atoms with Crippen molar-refractivity contribution in [1.82, 2.24) is 0 Å². The van der Waals surface area contributed by atoms with E-state index in [9.17, 15) is 5.11 Å². The molecular formula is C14H26O3. The van der Waals surface area contributed by atoms with Crippen LogP contribution in [-0.2, 0) is 9.47 Å². The minimum atomic E-state index is -0.941. The minimum Gasteiger partial charge on any atom is -0.387 e. The standard InChI is InChI=1S/C14H26O3/c1-5-6-7-8-9-14(12(2)15)16-10-13(3,4)11-17-14/h8-9,12,15H,5-7,10-11H2,1-4H3/t12-/m0/s1. The summed E-state index contributed by atoms with van der Waals surface area (Å²) >= 11 is 0. The molecular weight excluding hydrogens is 216 g/mol. The molecule has 0 amide bonds. The molecule has 0 bridgehead atoms. The highest BCUT2D eigenvalue weighted by atomic mass is 16.7. The highest BCUT2D eigenvalue weighted by Crippen LogP contribution is 2.32. The number of hydrogen-bond acceptors (Lipinski definition) is 3. The van der Waals surface area contributed by atoms with Crippen LogP contribution in [0.1, 0.15) is 47.0 Å². The van der Waals surface area contributed by atoms with Crippen molar-refractivity contribution in [1.29, 1.82) is 0 Å². The third-order valence-electron chi connectivity index (χ3n) is 3.03. The second kappa shape index (κ2) is 5.98. The zero-order valence-electron chi connectivity index (χ0n) is 11.5. The van der Waals surface area contributed by atoms with Crippen LogP contribution < -0.4 is 0 Å². The van der Waals surface area contributed by atoms with Gasteiger partial charge in [0.25, 0.3) is 0 Å². The highest BCUT2D eigenvalue weighted by Gasteiger charge is 2.42. The zero-order chi connectivity index (χ0) is 12.9. The van der Waals surface area contributed by atoms with Crippen LogP contribution in [0.4, 0.5) is 0 Å². The fraction of sp³-hybridized carbons (Fsp3) is 0.857. The van der Waals surface area contributed by atoms with Crippen molar-refractivity contribution in [3.05, 3.63) is 12.2 Å². The van der Waals surface area contributed by atoms with E-state index < -0.39 is 11.9 Å². The first kappa shape index (κ1) is 14.7. The van der Waals surface area contributed by atoms with Gasteiger partial charge in [-0.2, -0.15) is 0 Å². The summed E-state index contributed by atoms with van der Waals surface area (Å²) in [6, 6.07) is 0. The second-order valence-electron chi connectivity index (χ2n) is 5.68. The Bertz CT molecular complexity index is 246. The van der Waals surface area contributed by atoms with Gasteiger partial charge in [-0.3, -0.25) is 0 Å². The lowest BCUT2D eigenvalue weighted by Gasteiger charge is -2.43. The second-order valence-corrected chi connectivity index (χ2v) is 5.68. The van der Waals surface area contributed by atoms with Crippen LogP contribution in [0.5, 0.6) is 0 Å². The average molecular weight is 242 g/mol. The molecule has 1 fully saturated rings. The van der Waals surface area contributed by atoms with Gasteiger partial charge in [-0.25, -0.2) is 0 Å². The number of aliphatic hydroxyl groups excluding tert-OH is 1. The van der Waals surface area contributed by atoms with E-state index in [0.717, 1.165) is 12.8 Å². The van der Waals surface area contributed by atoms with Crippen molar-refractivity contribution in [3.8, 4) is 0 Å². The van der Waals surface area contributed by atoms with Crippen LogP contribution in [-0.4, -0.2) is 30.2 Å². The lowest BCUT2D eigenvalue weighted by atomic mass is 9.94. The molecule has 3 heteroatoms. The molecule has 0 aromatic carbocycles. The van der Waals surface area contributed by atoms with Crippen LogP contribution in [0.3, 0.4) is 0 Å². The SMILES string of the molecule is CCCCC=CC1([C@H](C)O)OCC(C)(C)CO1. The van der Waals surface area contributed by atoms with E-state index in [2.05, 4.69) is 26.8 Å². The summed E-state index contributed by atoms with van der Waals surface area (Å²) in [4.78, 5) is 0. The predicted molar refractivity (Wildman–Crippen MR) is 68.8 cm³/mol. The predicted octanol–water partition coefficient (Wildman–Crippen LogP) is 2.88. The molecule has 1 heterocycles. The van der Waals surface area contributed by atoms with Crippen molar-refractivity contribution in [2.45, 2.75) is 58.8 Å². The molecule has 0 aliphatic carbocycles. The van der Waals surface area contributed by atoms with E-state index in [4.69, 9.17) is 9.47 Å². The fourth-order valence-corrected chi connectivity index (χ4v) is 1.75. The Labute approximate surface area is 105 Å². The van der Waals surface area contributed by atoms with E-state index in [-0.39, 0.29) is 5.41 Å². The number of rotatable bonds is 5. The van der Waals surface area contributed by atoms with Gasteiger partial charge < -0.3 is 14.6 Å². The molecule has 0 aromatic heterocycles. The van der Waals surface area contributed by atoms with Gasteiger partial charge in [0.2, 0.25) is 5.79 Å². The third-order valence-corrected chi connectivity index (χ3v) is 3.03. The number of aliphatic hydroxyl groups is 1. The first-order valence-corrected chi connectivity index (χ1v) is 6.55. The zero-order valence-corrected chi connectivity index (χ0v) is 11.5. The Hall–Kier alpha value is -0.380. The van der Waals surface area contributed by atoms with Crippen LogP contribution in [0, 0.1) is 5.41 Å². The van der Waals surface area contributed by atoms with Crippen LogP contribution in [0.25, 0.3) is 0 Å². The van der Waals surface area contributed by atoms with Crippen molar-refractivity contribution in [2.75, 3.05) is 13.2 Å². The van der Waals surface area contributed by atoms with Gasteiger partial charge in [-0.1, -0.05) is 39.7 Å². The lowest BCUT2D eigenvalue weighted by Crippen LogP contribution is -2.52. The van der Waals surface area contributed by atoms with Gasteiger partial charge in [0, 0.05) is 5.41 Å². The number of allylic oxidation sites excluding steroid dienone is 1. The van der Waals surface area contributed by atoms with E-state index in [1.54, 1.807) is 6.92 Å². The molecule has 0 unspecified atom stereocenters. The summed E-state index contributed by atoms with van der Waals surface area (Å²) in [7, 11) is 0. The maximum atomic E-state index is 9.85. The molecule has 0 saturated carbocycles. The Morgan fingerprint density at radius 2 is 1.88 bits per heavy atom. The number of unbranched alkanes of at least 4 members (excludes halogenated alkanes) is 2. The molecule has 1 atom stereocenters. The monoisotopic (exact) mass is 242 g/mol. The lowest BCUT2D eigenvalue weighted by molar-refractivity contribution is -0.304. The van der Waals surface area contributed by atoms with E-state index in [0.29, 0.717) is 13.2 Å². The van der Waals surface area contributed by atoms with E-state index in [1.807, 2.05) is 6.08 Å². The fourth-order valence-electron chi connectivity index (χ4n) is 1.75.